The van der Waals surface area contributed by atoms with Crippen LogP contribution in [0, 0.1) is 0 Å². The Bertz CT molecular complexity index is 392. The molecule has 2 unspecified atom stereocenters. The largest absolute Gasteiger partial charge is 0.495 e. The van der Waals surface area contributed by atoms with E-state index in [4.69, 9.17) is 9.47 Å². The summed E-state index contributed by atoms with van der Waals surface area (Å²) in [5.41, 5.74) is 1.02. The Hall–Kier alpha value is -1.13. The number of hydrogen-bond acceptors (Lipinski definition) is 4. The van der Waals surface area contributed by atoms with Crippen molar-refractivity contribution in [3.05, 3.63) is 24.0 Å². The minimum atomic E-state index is 0.246. The number of nitrogens with one attached hydrogen (secondary N) is 1. The second-order valence-electron chi connectivity index (χ2n) is 5.31. The van der Waals surface area contributed by atoms with Gasteiger partial charge in [-0.3, -0.25) is 4.98 Å². The van der Waals surface area contributed by atoms with Crippen LogP contribution in [0.5, 0.6) is 5.75 Å². The van der Waals surface area contributed by atoms with E-state index in [1.165, 1.54) is 12.8 Å². The lowest BCUT2D eigenvalue weighted by atomic mass is 10.0. The molecule has 0 aromatic carbocycles. The van der Waals surface area contributed by atoms with E-state index in [1.54, 1.807) is 7.11 Å². The van der Waals surface area contributed by atoms with E-state index in [-0.39, 0.29) is 6.04 Å². The number of nitrogens with zero attached hydrogens (tertiary/aromatic N) is 1. The molecule has 0 saturated carbocycles. The monoisotopic (exact) mass is 278 g/mol. The van der Waals surface area contributed by atoms with Crippen LogP contribution in [-0.4, -0.2) is 31.3 Å². The number of methoxy groups -OCH3 is 1. The Kier molecular flexibility index (Phi) is 6.27. The fourth-order valence-corrected chi connectivity index (χ4v) is 2.72. The maximum atomic E-state index is 5.72. The van der Waals surface area contributed by atoms with Crippen molar-refractivity contribution in [1.29, 1.82) is 0 Å². The van der Waals surface area contributed by atoms with Gasteiger partial charge in [0.05, 0.1) is 24.9 Å². The van der Waals surface area contributed by atoms with Gasteiger partial charge in [0, 0.05) is 12.8 Å². The van der Waals surface area contributed by atoms with Crippen molar-refractivity contribution >= 4 is 0 Å². The highest BCUT2D eigenvalue weighted by molar-refractivity contribution is 5.29. The average molecular weight is 278 g/mol. The predicted molar refractivity (Wildman–Crippen MR) is 80.0 cm³/mol. The Morgan fingerprint density at radius 3 is 3.15 bits per heavy atom. The van der Waals surface area contributed by atoms with Crippen LogP contribution in [0.4, 0.5) is 0 Å². The van der Waals surface area contributed by atoms with Gasteiger partial charge in [-0.2, -0.15) is 0 Å². The third kappa shape index (κ3) is 4.18. The lowest BCUT2D eigenvalue weighted by molar-refractivity contribution is 0.0993. The highest BCUT2D eigenvalue weighted by Gasteiger charge is 2.21. The van der Waals surface area contributed by atoms with Crippen LogP contribution >= 0.6 is 0 Å². The topological polar surface area (TPSA) is 43.4 Å². The summed E-state index contributed by atoms with van der Waals surface area (Å²) in [6.45, 7) is 4.10. The molecular formula is C16H26N2O2. The average Bonchev–Trinajstić information content (AvgIpc) is 3.01. The molecule has 4 heteroatoms. The maximum absolute atomic E-state index is 5.72. The summed E-state index contributed by atoms with van der Waals surface area (Å²) >= 11 is 0. The number of pyridine rings is 1. The van der Waals surface area contributed by atoms with E-state index in [2.05, 4.69) is 17.2 Å². The van der Waals surface area contributed by atoms with Gasteiger partial charge in [0.2, 0.25) is 0 Å². The molecule has 20 heavy (non-hydrogen) atoms. The SMILES string of the molecule is CCCNC(CCC1CCCO1)c1ncccc1OC. The van der Waals surface area contributed by atoms with E-state index in [0.717, 1.165) is 43.9 Å². The molecule has 0 amide bonds. The van der Waals surface area contributed by atoms with Gasteiger partial charge in [-0.05, 0) is 50.8 Å². The van der Waals surface area contributed by atoms with Crippen molar-refractivity contribution in [3.63, 3.8) is 0 Å². The lowest BCUT2D eigenvalue weighted by Gasteiger charge is -2.21. The van der Waals surface area contributed by atoms with E-state index < -0.39 is 0 Å². The van der Waals surface area contributed by atoms with Crippen molar-refractivity contribution < 1.29 is 9.47 Å². The quantitative estimate of drug-likeness (QED) is 0.793. The standard InChI is InChI=1S/C16H26N2O2/c1-3-10-17-14(9-8-13-6-5-12-20-13)16-15(19-2)7-4-11-18-16/h4,7,11,13-14,17H,3,5-6,8-10,12H2,1-2H3. The highest BCUT2D eigenvalue weighted by Crippen LogP contribution is 2.28. The molecule has 1 N–H and O–H groups in total. The Morgan fingerprint density at radius 2 is 2.45 bits per heavy atom. The summed E-state index contributed by atoms with van der Waals surface area (Å²) in [7, 11) is 1.71. The third-order valence-corrected chi connectivity index (χ3v) is 3.79. The Balaban J connectivity index is 2.01. The van der Waals surface area contributed by atoms with Crippen molar-refractivity contribution in [2.75, 3.05) is 20.3 Å². The molecule has 1 fully saturated rings. The lowest BCUT2D eigenvalue weighted by Crippen LogP contribution is -2.25. The smallest absolute Gasteiger partial charge is 0.141 e. The zero-order valence-electron chi connectivity index (χ0n) is 12.6. The normalized spacial score (nSPS) is 20.0. The molecule has 0 bridgehead atoms. The molecule has 1 aliphatic rings. The van der Waals surface area contributed by atoms with E-state index in [0.29, 0.717) is 6.10 Å². The van der Waals surface area contributed by atoms with Gasteiger partial charge in [0.1, 0.15) is 5.75 Å². The summed E-state index contributed by atoms with van der Waals surface area (Å²) < 4.78 is 11.2. The van der Waals surface area contributed by atoms with E-state index >= 15 is 0 Å². The fourth-order valence-electron chi connectivity index (χ4n) is 2.72. The predicted octanol–water partition coefficient (Wildman–Crippen LogP) is 3.09. The Morgan fingerprint density at radius 1 is 1.55 bits per heavy atom. The van der Waals surface area contributed by atoms with Gasteiger partial charge >= 0.3 is 0 Å². The highest BCUT2D eigenvalue weighted by atomic mass is 16.5. The second kappa shape index (κ2) is 8.22. The first-order valence-corrected chi connectivity index (χ1v) is 7.69. The van der Waals surface area contributed by atoms with Crippen LogP contribution in [0.2, 0.25) is 0 Å². The van der Waals surface area contributed by atoms with Crippen LogP contribution in [0.1, 0.15) is 50.8 Å². The molecule has 1 aromatic rings. The van der Waals surface area contributed by atoms with Gasteiger partial charge in [-0.25, -0.2) is 0 Å². The molecule has 0 radical (unpaired) electrons. The van der Waals surface area contributed by atoms with E-state index in [1.807, 2.05) is 18.3 Å². The summed E-state index contributed by atoms with van der Waals surface area (Å²) in [5, 5.41) is 3.59. The van der Waals surface area contributed by atoms with Gasteiger partial charge in [-0.1, -0.05) is 6.92 Å². The number of ether oxygens (including phenoxy) is 2. The molecule has 0 spiro atoms. The van der Waals surface area contributed by atoms with Crippen molar-refractivity contribution in [2.24, 2.45) is 0 Å². The summed E-state index contributed by atoms with van der Waals surface area (Å²) in [6, 6.07) is 4.14. The Labute approximate surface area is 121 Å². The van der Waals surface area contributed by atoms with Crippen molar-refractivity contribution in [3.8, 4) is 5.75 Å². The molecule has 2 atom stereocenters. The summed E-state index contributed by atoms with van der Waals surface area (Å²) in [5.74, 6) is 0.869. The van der Waals surface area contributed by atoms with Gasteiger partial charge in [0.15, 0.2) is 0 Å². The van der Waals surface area contributed by atoms with E-state index in [9.17, 15) is 0 Å². The van der Waals surface area contributed by atoms with Gasteiger partial charge < -0.3 is 14.8 Å². The van der Waals surface area contributed by atoms with Crippen LogP contribution in [0.3, 0.4) is 0 Å². The van der Waals surface area contributed by atoms with Crippen molar-refractivity contribution in [2.45, 2.75) is 51.2 Å². The van der Waals surface area contributed by atoms with Crippen LogP contribution < -0.4 is 10.1 Å². The fraction of sp³-hybridized carbons (Fsp3) is 0.688. The summed E-state index contributed by atoms with van der Waals surface area (Å²) in [6.07, 6.45) is 7.90. The first-order valence-electron chi connectivity index (χ1n) is 7.69. The first-order chi connectivity index (χ1) is 9.85. The molecular weight excluding hydrogens is 252 g/mol. The minimum Gasteiger partial charge on any atom is -0.495 e. The number of hydrogen-bond donors (Lipinski definition) is 1. The molecule has 2 heterocycles. The van der Waals surface area contributed by atoms with Crippen LogP contribution in [-0.2, 0) is 4.74 Å². The summed E-state index contributed by atoms with van der Waals surface area (Å²) in [4.78, 5) is 4.52. The maximum Gasteiger partial charge on any atom is 0.141 e. The molecule has 1 aromatic heterocycles. The zero-order valence-corrected chi connectivity index (χ0v) is 12.6. The molecule has 112 valence electrons. The molecule has 4 nitrogen and oxygen atoms in total. The van der Waals surface area contributed by atoms with Gasteiger partial charge in [0.25, 0.3) is 0 Å². The number of rotatable bonds is 8. The molecule has 2 rings (SSSR count). The van der Waals surface area contributed by atoms with Crippen LogP contribution in [0.25, 0.3) is 0 Å². The minimum absolute atomic E-state index is 0.246. The van der Waals surface area contributed by atoms with Crippen molar-refractivity contribution in [1.82, 2.24) is 10.3 Å². The molecule has 1 aliphatic heterocycles. The molecule has 1 saturated heterocycles. The number of aromatic nitrogens is 1. The second-order valence-corrected chi connectivity index (χ2v) is 5.31. The first kappa shape index (κ1) is 15.3. The third-order valence-electron chi connectivity index (χ3n) is 3.79. The van der Waals surface area contributed by atoms with Crippen LogP contribution in [0.15, 0.2) is 18.3 Å². The molecule has 0 aliphatic carbocycles. The van der Waals surface area contributed by atoms with Gasteiger partial charge in [-0.15, -0.1) is 0 Å². The zero-order chi connectivity index (χ0) is 14.2.